The molecular formula is C20H22F4O. The predicted molar refractivity (Wildman–Crippen MR) is 89.4 cm³/mol. The highest BCUT2D eigenvalue weighted by molar-refractivity contribution is 5.20. The molecule has 5 heteroatoms. The van der Waals surface area contributed by atoms with Crippen molar-refractivity contribution in [1.82, 2.24) is 0 Å². The average molecular weight is 354 g/mol. The van der Waals surface area contributed by atoms with Gasteiger partial charge in [0.1, 0.15) is 23.3 Å². The van der Waals surface area contributed by atoms with Crippen molar-refractivity contribution in [2.75, 3.05) is 13.2 Å². The van der Waals surface area contributed by atoms with Gasteiger partial charge in [0.15, 0.2) is 0 Å². The van der Waals surface area contributed by atoms with Crippen molar-refractivity contribution in [3.8, 4) is 0 Å². The number of rotatable bonds is 10. The fourth-order valence-corrected chi connectivity index (χ4v) is 2.66. The van der Waals surface area contributed by atoms with Crippen LogP contribution in [0.1, 0.15) is 36.8 Å². The summed E-state index contributed by atoms with van der Waals surface area (Å²) in [5.74, 6) is -2.05. The third kappa shape index (κ3) is 6.16. The molecule has 0 saturated carbocycles. The van der Waals surface area contributed by atoms with Crippen molar-refractivity contribution in [3.63, 3.8) is 0 Å². The van der Waals surface area contributed by atoms with Crippen LogP contribution in [0.4, 0.5) is 17.6 Å². The SMILES string of the molecule is Fc1cccc(F)c1CCCCOCCCCc1c(F)cccc1F. The summed E-state index contributed by atoms with van der Waals surface area (Å²) in [5, 5.41) is 0. The molecule has 0 spiro atoms. The molecule has 0 aliphatic rings. The molecule has 0 bridgehead atoms. The summed E-state index contributed by atoms with van der Waals surface area (Å²) in [5.41, 5.74) is 0.240. The van der Waals surface area contributed by atoms with E-state index < -0.39 is 23.3 Å². The summed E-state index contributed by atoms with van der Waals surface area (Å²) < 4.78 is 59.2. The Kier molecular flexibility index (Phi) is 7.92. The number of hydrogen-bond donors (Lipinski definition) is 0. The smallest absolute Gasteiger partial charge is 0.129 e. The fraction of sp³-hybridized carbons (Fsp3) is 0.400. The van der Waals surface area contributed by atoms with E-state index in [-0.39, 0.29) is 11.1 Å². The summed E-state index contributed by atoms with van der Waals surface area (Å²) in [7, 11) is 0. The first-order valence-electron chi connectivity index (χ1n) is 8.53. The molecule has 2 rings (SSSR count). The van der Waals surface area contributed by atoms with Gasteiger partial charge < -0.3 is 4.74 Å². The van der Waals surface area contributed by atoms with E-state index in [1.807, 2.05) is 0 Å². The molecule has 0 N–H and O–H groups in total. The lowest BCUT2D eigenvalue weighted by molar-refractivity contribution is 0.126. The maximum atomic E-state index is 13.4. The van der Waals surface area contributed by atoms with E-state index in [1.54, 1.807) is 0 Å². The molecule has 2 aromatic rings. The number of unbranched alkanes of at least 4 members (excludes halogenated alkanes) is 2. The number of halogens is 4. The van der Waals surface area contributed by atoms with E-state index in [1.165, 1.54) is 36.4 Å². The van der Waals surface area contributed by atoms with Gasteiger partial charge in [0, 0.05) is 24.3 Å². The Morgan fingerprint density at radius 3 is 1.28 bits per heavy atom. The van der Waals surface area contributed by atoms with Crippen LogP contribution in [-0.2, 0) is 17.6 Å². The monoisotopic (exact) mass is 354 g/mol. The van der Waals surface area contributed by atoms with Crippen LogP contribution >= 0.6 is 0 Å². The third-order valence-corrected chi connectivity index (χ3v) is 4.05. The average Bonchev–Trinajstić information content (AvgIpc) is 2.57. The second kappa shape index (κ2) is 10.2. The Labute approximate surface area is 145 Å². The van der Waals surface area contributed by atoms with Crippen molar-refractivity contribution in [3.05, 3.63) is 70.8 Å². The van der Waals surface area contributed by atoms with Crippen molar-refractivity contribution < 1.29 is 22.3 Å². The zero-order chi connectivity index (χ0) is 18.1. The zero-order valence-electron chi connectivity index (χ0n) is 14.0. The lowest BCUT2D eigenvalue weighted by Gasteiger charge is -2.07. The molecule has 0 unspecified atom stereocenters. The van der Waals surface area contributed by atoms with Crippen molar-refractivity contribution in [2.45, 2.75) is 38.5 Å². The number of benzene rings is 2. The minimum Gasteiger partial charge on any atom is -0.381 e. The molecular weight excluding hydrogens is 332 g/mol. The van der Waals surface area contributed by atoms with E-state index in [0.29, 0.717) is 51.7 Å². The molecule has 1 nitrogen and oxygen atoms in total. The van der Waals surface area contributed by atoms with Crippen LogP contribution < -0.4 is 0 Å². The Bertz CT molecular complexity index is 575. The number of hydrogen-bond acceptors (Lipinski definition) is 1. The fourth-order valence-electron chi connectivity index (χ4n) is 2.66. The van der Waals surface area contributed by atoms with E-state index in [9.17, 15) is 17.6 Å². The van der Waals surface area contributed by atoms with Gasteiger partial charge in [-0.25, -0.2) is 17.6 Å². The lowest BCUT2D eigenvalue weighted by atomic mass is 10.1. The number of ether oxygens (including phenoxy) is 1. The maximum absolute atomic E-state index is 13.4. The lowest BCUT2D eigenvalue weighted by Crippen LogP contribution is -2.01. The van der Waals surface area contributed by atoms with E-state index >= 15 is 0 Å². The first kappa shape index (κ1) is 19.4. The topological polar surface area (TPSA) is 9.23 Å². The minimum absolute atomic E-state index is 0.120. The maximum Gasteiger partial charge on any atom is 0.129 e. The molecule has 0 aliphatic carbocycles. The van der Waals surface area contributed by atoms with Crippen LogP contribution in [0.3, 0.4) is 0 Å². The quantitative estimate of drug-likeness (QED) is 0.398. The summed E-state index contributed by atoms with van der Waals surface area (Å²) in [6, 6.07) is 7.73. The van der Waals surface area contributed by atoms with E-state index in [2.05, 4.69) is 0 Å². The molecule has 2 aromatic carbocycles. The van der Waals surface area contributed by atoms with Gasteiger partial charge in [-0.3, -0.25) is 0 Å². The molecule has 0 atom stereocenters. The molecule has 0 saturated heterocycles. The van der Waals surface area contributed by atoms with Crippen LogP contribution in [0.2, 0.25) is 0 Å². The van der Waals surface area contributed by atoms with Crippen LogP contribution in [-0.4, -0.2) is 13.2 Å². The highest BCUT2D eigenvalue weighted by Gasteiger charge is 2.08. The first-order chi connectivity index (χ1) is 12.1. The van der Waals surface area contributed by atoms with Gasteiger partial charge in [-0.1, -0.05) is 12.1 Å². The standard InChI is InChI=1S/C20H22F4O/c21-17-9-5-10-18(22)15(17)7-1-3-13-25-14-4-2-8-16-19(23)11-6-12-20(16)24/h5-6,9-12H,1-4,7-8,13-14H2. The Balaban J connectivity index is 1.54. The van der Waals surface area contributed by atoms with Crippen LogP contribution in [0.15, 0.2) is 36.4 Å². The van der Waals surface area contributed by atoms with Crippen LogP contribution in [0.5, 0.6) is 0 Å². The minimum atomic E-state index is -0.513. The van der Waals surface area contributed by atoms with Crippen molar-refractivity contribution in [1.29, 1.82) is 0 Å². The first-order valence-corrected chi connectivity index (χ1v) is 8.53. The van der Waals surface area contributed by atoms with Gasteiger partial charge in [0.25, 0.3) is 0 Å². The normalized spacial score (nSPS) is 11.0. The molecule has 0 heterocycles. The second-order valence-electron chi connectivity index (χ2n) is 5.93. The van der Waals surface area contributed by atoms with Gasteiger partial charge >= 0.3 is 0 Å². The molecule has 0 fully saturated rings. The van der Waals surface area contributed by atoms with Gasteiger partial charge in [-0.05, 0) is 62.8 Å². The second-order valence-corrected chi connectivity index (χ2v) is 5.93. The van der Waals surface area contributed by atoms with Gasteiger partial charge in [-0.15, -0.1) is 0 Å². The summed E-state index contributed by atoms with van der Waals surface area (Å²) in [4.78, 5) is 0. The zero-order valence-corrected chi connectivity index (χ0v) is 14.0. The van der Waals surface area contributed by atoms with E-state index in [0.717, 1.165) is 0 Å². The molecule has 0 radical (unpaired) electrons. The Hall–Kier alpha value is -1.88. The summed E-state index contributed by atoms with van der Waals surface area (Å²) >= 11 is 0. The van der Waals surface area contributed by atoms with Crippen molar-refractivity contribution >= 4 is 0 Å². The Morgan fingerprint density at radius 1 is 0.560 bits per heavy atom. The molecule has 25 heavy (non-hydrogen) atoms. The van der Waals surface area contributed by atoms with Crippen molar-refractivity contribution in [2.24, 2.45) is 0 Å². The molecule has 136 valence electrons. The van der Waals surface area contributed by atoms with Gasteiger partial charge in [0.05, 0.1) is 0 Å². The van der Waals surface area contributed by atoms with Crippen LogP contribution in [0.25, 0.3) is 0 Å². The Morgan fingerprint density at radius 2 is 0.920 bits per heavy atom. The highest BCUT2D eigenvalue weighted by Crippen LogP contribution is 2.16. The molecule has 0 amide bonds. The van der Waals surface area contributed by atoms with Gasteiger partial charge in [-0.2, -0.15) is 0 Å². The van der Waals surface area contributed by atoms with Gasteiger partial charge in [0.2, 0.25) is 0 Å². The third-order valence-electron chi connectivity index (χ3n) is 4.05. The largest absolute Gasteiger partial charge is 0.381 e. The molecule has 0 aromatic heterocycles. The van der Waals surface area contributed by atoms with Crippen LogP contribution in [0, 0.1) is 23.3 Å². The highest BCUT2D eigenvalue weighted by atomic mass is 19.1. The van der Waals surface area contributed by atoms with E-state index in [4.69, 9.17) is 4.74 Å². The molecule has 0 aliphatic heterocycles. The summed E-state index contributed by atoms with van der Waals surface area (Å²) in [6.45, 7) is 1.01. The predicted octanol–water partition coefficient (Wildman–Crippen LogP) is 5.61. The summed E-state index contributed by atoms with van der Waals surface area (Å²) in [6.07, 6.45) is 3.37.